The first kappa shape index (κ1) is 18.1. The highest BCUT2D eigenvalue weighted by atomic mass is 16.5. The fourth-order valence-electron chi connectivity index (χ4n) is 4.71. The summed E-state index contributed by atoms with van der Waals surface area (Å²) in [5, 5.41) is 27.9. The quantitative estimate of drug-likeness (QED) is 0.836. The van der Waals surface area contributed by atoms with Crippen molar-refractivity contribution in [1.82, 2.24) is 14.8 Å². The molecule has 1 aliphatic carbocycles. The van der Waals surface area contributed by atoms with Crippen LogP contribution in [0.1, 0.15) is 31.2 Å². The Morgan fingerprint density at radius 2 is 2.11 bits per heavy atom. The highest BCUT2D eigenvalue weighted by molar-refractivity contribution is 5.87. The van der Waals surface area contributed by atoms with Gasteiger partial charge in [0.25, 0.3) is 0 Å². The Kier molecular flexibility index (Phi) is 4.52. The number of hydrogen-bond acceptors (Lipinski definition) is 6. The van der Waals surface area contributed by atoms with E-state index in [-0.39, 0.29) is 11.8 Å². The van der Waals surface area contributed by atoms with E-state index in [0.29, 0.717) is 37.3 Å². The number of ether oxygens (including phenoxy) is 1. The van der Waals surface area contributed by atoms with Crippen LogP contribution in [0.4, 0.5) is 4.79 Å². The molecule has 3 fully saturated rings. The fraction of sp³-hybridized carbons (Fsp3) is 0.526. The molecule has 0 unspecified atom stereocenters. The summed E-state index contributed by atoms with van der Waals surface area (Å²) in [6, 6.07) is 5.63. The molecular formula is C19H19N5O4. The topological polar surface area (TPSA) is 131 Å². The van der Waals surface area contributed by atoms with Crippen LogP contribution in [0, 0.1) is 28.6 Å². The van der Waals surface area contributed by atoms with Crippen molar-refractivity contribution in [2.24, 2.45) is 5.92 Å². The predicted octanol–water partition coefficient (Wildman–Crippen LogP) is 1.36. The van der Waals surface area contributed by atoms with Crippen LogP contribution in [0.25, 0.3) is 0 Å². The third-order valence-electron chi connectivity index (χ3n) is 5.91. The van der Waals surface area contributed by atoms with Crippen molar-refractivity contribution in [1.29, 1.82) is 10.5 Å². The zero-order valence-corrected chi connectivity index (χ0v) is 15.1. The maximum Gasteiger partial charge on any atom is 0.408 e. The van der Waals surface area contributed by atoms with Gasteiger partial charge >= 0.3 is 6.09 Å². The van der Waals surface area contributed by atoms with Gasteiger partial charge < -0.3 is 14.7 Å². The van der Waals surface area contributed by atoms with Gasteiger partial charge in [0.05, 0.1) is 17.7 Å². The van der Waals surface area contributed by atoms with Crippen LogP contribution in [0.5, 0.6) is 5.88 Å². The number of carboxylic acid groups (broad SMARTS) is 1. The first-order valence-electron chi connectivity index (χ1n) is 9.27. The lowest BCUT2D eigenvalue weighted by molar-refractivity contribution is -0.138. The molecule has 3 heterocycles. The van der Waals surface area contributed by atoms with Crippen LogP contribution in [-0.2, 0) is 4.79 Å². The molecular weight excluding hydrogens is 362 g/mol. The molecule has 4 rings (SSSR count). The Morgan fingerprint density at radius 3 is 2.75 bits per heavy atom. The molecule has 1 aromatic rings. The van der Waals surface area contributed by atoms with Gasteiger partial charge in [-0.25, -0.2) is 9.78 Å². The van der Waals surface area contributed by atoms with Crippen molar-refractivity contribution in [2.45, 2.75) is 49.9 Å². The van der Waals surface area contributed by atoms with Gasteiger partial charge in [-0.2, -0.15) is 10.5 Å². The van der Waals surface area contributed by atoms with E-state index in [9.17, 15) is 20.0 Å². The van der Waals surface area contributed by atoms with Crippen LogP contribution in [0.2, 0.25) is 0 Å². The number of fused-ring (bicyclic) bond motifs is 2. The smallest absolute Gasteiger partial charge is 0.408 e. The molecule has 0 radical (unpaired) electrons. The minimum Gasteiger partial charge on any atom is -0.472 e. The molecule has 2 bridgehead atoms. The lowest BCUT2D eigenvalue weighted by atomic mass is 9.96. The highest BCUT2D eigenvalue weighted by Crippen LogP contribution is 2.45. The van der Waals surface area contributed by atoms with Crippen molar-refractivity contribution < 1.29 is 19.4 Å². The number of carbonyl (C=O) groups excluding carboxylic acids is 1. The van der Waals surface area contributed by atoms with Gasteiger partial charge in [0.1, 0.15) is 24.3 Å². The van der Waals surface area contributed by atoms with Crippen molar-refractivity contribution >= 4 is 12.0 Å². The molecule has 0 aromatic carbocycles. The molecule has 28 heavy (non-hydrogen) atoms. The average Bonchev–Trinajstić information content (AvgIpc) is 3.41. The number of piperidine rings is 1. The van der Waals surface area contributed by atoms with E-state index in [1.165, 1.54) is 16.0 Å². The highest BCUT2D eigenvalue weighted by Gasteiger charge is 2.58. The monoisotopic (exact) mass is 381 g/mol. The second-order valence-corrected chi connectivity index (χ2v) is 7.41. The standard InChI is InChI=1S/C19H19N5O4/c20-8-11-3-4-16(22-10-11)28-15-7-12-6-14(15)24(19(26)27)17(12)18(25)23-5-1-2-13(23)9-21/h3-4,10,12-15,17H,1-2,5-7H2,(H,26,27)/t12-,13+,14+,15-,17+/m1/s1. The molecule has 9 nitrogen and oxygen atoms in total. The van der Waals surface area contributed by atoms with Crippen molar-refractivity contribution in [3.05, 3.63) is 23.9 Å². The Hall–Kier alpha value is -3.33. The van der Waals surface area contributed by atoms with E-state index in [1.54, 1.807) is 12.1 Å². The summed E-state index contributed by atoms with van der Waals surface area (Å²) in [5.41, 5.74) is 0.413. The molecule has 1 aromatic heterocycles. The zero-order valence-electron chi connectivity index (χ0n) is 15.1. The first-order chi connectivity index (χ1) is 13.5. The molecule has 3 aliphatic rings. The van der Waals surface area contributed by atoms with Gasteiger partial charge in [0.2, 0.25) is 11.8 Å². The van der Waals surface area contributed by atoms with Crippen molar-refractivity contribution in [3.63, 3.8) is 0 Å². The number of nitriles is 2. The molecule has 1 N–H and O–H groups in total. The number of hydrogen-bond donors (Lipinski definition) is 1. The number of aromatic nitrogens is 1. The Morgan fingerprint density at radius 1 is 1.29 bits per heavy atom. The van der Waals surface area contributed by atoms with E-state index < -0.39 is 30.3 Å². The summed E-state index contributed by atoms with van der Waals surface area (Å²) >= 11 is 0. The second-order valence-electron chi connectivity index (χ2n) is 7.41. The summed E-state index contributed by atoms with van der Waals surface area (Å²) in [7, 11) is 0. The van der Waals surface area contributed by atoms with Crippen LogP contribution < -0.4 is 4.74 Å². The number of carbonyl (C=O) groups is 2. The lowest BCUT2D eigenvalue weighted by Crippen LogP contribution is -2.58. The van der Waals surface area contributed by atoms with Gasteiger partial charge in [-0.3, -0.25) is 9.69 Å². The van der Waals surface area contributed by atoms with Crippen molar-refractivity contribution in [3.8, 4) is 18.0 Å². The Labute approximate surface area is 161 Å². The average molecular weight is 381 g/mol. The van der Waals surface area contributed by atoms with Crippen LogP contribution in [0.15, 0.2) is 18.3 Å². The van der Waals surface area contributed by atoms with Crippen molar-refractivity contribution in [2.75, 3.05) is 6.54 Å². The first-order valence-corrected chi connectivity index (χ1v) is 9.27. The minimum atomic E-state index is -1.15. The summed E-state index contributed by atoms with van der Waals surface area (Å²) in [4.78, 5) is 31.8. The van der Waals surface area contributed by atoms with E-state index >= 15 is 0 Å². The molecule has 144 valence electrons. The summed E-state index contributed by atoms with van der Waals surface area (Å²) in [6.45, 7) is 0.494. The zero-order chi connectivity index (χ0) is 19.8. The molecule has 9 heteroatoms. The fourth-order valence-corrected chi connectivity index (χ4v) is 4.71. The van der Waals surface area contributed by atoms with Gasteiger partial charge in [-0.15, -0.1) is 0 Å². The maximum atomic E-state index is 13.0. The molecule has 2 saturated heterocycles. The number of rotatable bonds is 3. The molecule has 5 atom stereocenters. The van der Waals surface area contributed by atoms with Gasteiger partial charge in [0, 0.05) is 18.8 Å². The summed E-state index contributed by atoms with van der Waals surface area (Å²) < 4.78 is 5.88. The predicted molar refractivity (Wildman–Crippen MR) is 93.9 cm³/mol. The molecule has 0 spiro atoms. The molecule has 2 aliphatic heterocycles. The van der Waals surface area contributed by atoms with E-state index in [4.69, 9.17) is 10.00 Å². The maximum absolute atomic E-state index is 13.0. The van der Waals surface area contributed by atoms with E-state index in [0.717, 1.165) is 6.42 Å². The summed E-state index contributed by atoms with van der Waals surface area (Å²) in [6.07, 6.45) is 2.35. The van der Waals surface area contributed by atoms with Gasteiger partial charge in [0.15, 0.2) is 0 Å². The van der Waals surface area contributed by atoms with Crippen LogP contribution >= 0.6 is 0 Å². The Bertz CT molecular complexity index is 874. The molecule has 1 saturated carbocycles. The summed E-state index contributed by atoms with van der Waals surface area (Å²) in [5.74, 6) is -0.0836. The lowest BCUT2D eigenvalue weighted by Gasteiger charge is -2.38. The number of likely N-dealkylation sites (tertiary alicyclic amines) is 2. The number of pyridine rings is 1. The normalized spacial score (nSPS) is 30.7. The minimum absolute atomic E-state index is 0.142. The molecule has 2 amide bonds. The third kappa shape index (κ3) is 2.89. The van der Waals surface area contributed by atoms with Crippen LogP contribution in [-0.4, -0.2) is 62.7 Å². The van der Waals surface area contributed by atoms with E-state index in [2.05, 4.69) is 11.1 Å². The third-order valence-corrected chi connectivity index (χ3v) is 5.91. The SMILES string of the molecule is N#Cc1ccc(O[C@@H]2C[C@H]3C[C@@H]2N(C(=O)O)[C@@H]3C(=O)N2CCC[C@H]2C#N)nc1. The van der Waals surface area contributed by atoms with Gasteiger partial charge in [-0.05, 0) is 37.7 Å². The number of amides is 2. The van der Waals surface area contributed by atoms with Gasteiger partial charge in [-0.1, -0.05) is 0 Å². The number of nitrogens with zero attached hydrogens (tertiary/aromatic N) is 5. The van der Waals surface area contributed by atoms with Crippen LogP contribution in [0.3, 0.4) is 0 Å². The second kappa shape index (κ2) is 7.01. The van der Waals surface area contributed by atoms with E-state index in [1.807, 2.05) is 6.07 Å². The largest absolute Gasteiger partial charge is 0.472 e. The Balaban J connectivity index is 1.51.